The molecule has 0 radical (unpaired) electrons. The number of ether oxygens (including phenoxy) is 1. The lowest BCUT2D eigenvalue weighted by Gasteiger charge is -2.23. The van der Waals surface area contributed by atoms with Crippen molar-refractivity contribution in [2.45, 2.75) is 18.6 Å². The number of esters is 1. The van der Waals surface area contributed by atoms with E-state index in [0.29, 0.717) is 13.0 Å². The van der Waals surface area contributed by atoms with Crippen LogP contribution in [0.25, 0.3) is 0 Å². The molecule has 1 saturated heterocycles. The molecule has 1 fully saturated rings. The highest BCUT2D eigenvalue weighted by molar-refractivity contribution is 5.86. The molecule has 1 rings (SSSR count). The number of aliphatic hydroxyl groups is 1. The molecule has 1 amide bonds. The van der Waals surface area contributed by atoms with E-state index in [1.54, 1.807) is 0 Å². The molecule has 0 spiro atoms. The third kappa shape index (κ3) is 1.85. The Hall–Kier alpha value is -1.14. The zero-order chi connectivity index (χ0) is 10.7. The summed E-state index contributed by atoms with van der Waals surface area (Å²) in [5.74, 6) is -0.950. The van der Waals surface area contributed by atoms with E-state index in [-0.39, 0.29) is 12.5 Å². The second-order valence-electron chi connectivity index (χ2n) is 3.12. The first kappa shape index (κ1) is 10.9. The summed E-state index contributed by atoms with van der Waals surface area (Å²) in [6, 6.07) is -0.893. The van der Waals surface area contributed by atoms with Crippen LogP contribution in [0.5, 0.6) is 0 Å². The third-order valence-corrected chi connectivity index (χ3v) is 2.30. The maximum Gasteiger partial charge on any atom is 0.331 e. The molecule has 1 heterocycles. The van der Waals surface area contributed by atoms with Crippen LogP contribution in [0.1, 0.15) is 6.42 Å². The summed E-state index contributed by atoms with van der Waals surface area (Å²) >= 11 is 0. The first-order valence-corrected chi connectivity index (χ1v) is 4.37. The number of rotatable bonds is 2. The van der Waals surface area contributed by atoms with E-state index in [9.17, 15) is 14.7 Å². The monoisotopic (exact) mass is 202 g/mol. The van der Waals surface area contributed by atoms with Gasteiger partial charge in [0, 0.05) is 6.54 Å². The topological polar surface area (TPSA) is 92.9 Å². The summed E-state index contributed by atoms with van der Waals surface area (Å²) in [6.45, 7) is 0.178. The highest BCUT2D eigenvalue weighted by Gasteiger charge is 2.41. The zero-order valence-electron chi connectivity index (χ0n) is 7.97. The minimum Gasteiger partial charge on any atom is -0.467 e. The number of nitrogens with two attached hydrogens (primary N) is 1. The Balaban J connectivity index is 2.76. The van der Waals surface area contributed by atoms with Crippen molar-refractivity contribution in [3.8, 4) is 0 Å². The van der Waals surface area contributed by atoms with Gasteiger partial charge in [0.15, 0.2) is 6.04 Å². The average molecular weight is 202 g/mol. The summed E-state index contributed by atoms with van der Waals surface area (Å²) in [6.07, 6.45) is -0.469. The highest BCUT2D eigenvalue weighted by Crippen LogP contribution is 2.18. The van der Waals surface area contributed by atoms with E-state index in [1.165, 1.54) is 12.0 Å². The van der Waals surface area contributed by atoms with Crippen molar-refractivity contribution in [1.29, 1.82) is 0 Å². The molecule has 0 aromatic carbocycles. The van der Waals surface area contributed by atoms with E-state index in [2.05, 4.69) is 4.74 Å². The Labute approximate surface area is 81.6 Å². The van der Waals surface area contributed by atoms with Gasteiger partial charge in [-0.1, -0.05) is 0 Å². The van der Waals surface area contributed by atoms with Gasteiger partial charge in [0.1, 0.15) is 0 Å². The molecule has 0 aliphatic carbocycles. The number of hydrogen-bond acceptors (Lipinski definition) is 5. The van der Waals surface area contributed by atoms with Gasteiger partial charge in [-0.05, 0) is 6.42 Å². The van der Waals surface area contributed by atoms with E-state index in [4.69, 9.17) is 5.73 Å². The van der Waals surface area contributed by atoms with Crippen molar-refractivity contribution in [3.63, 3.8) is 0 Å². The van der Waals surface area contributed by atoms with Crippen molar-refractivity contribution < 1.29 is 19.4 Å². The molecule has 0 aromatic rings. The van der Waals surface area contributed by atoms with Crippen molar-refractivity contribution in [3.05, 3.63) is 0 Å². The molecule has 6 heteroatoms. The fourth-order valence-corrected chi connectivity index (χ4v) is 1.58. The number of hydrogen-bond donors (Lipinski definition) is 2. The number of aliphatic hydroxyl groups excluding tert-OH is 1. The number of methoxy groups -OCH3 is 1. The number of likely N-dealkylation sites (tertiary alicyclic amines) is 1. The molecule has 80 valence electrons. The molecule has 1 aliphatic heterocycles. The number of carbonyl (C=O) groups excluding carboxylic acids is 2. The second kappa shape index (κ2) is 4.39. The smallest absolute Gasteiger partial charge is 0.331 e. The van der Waals surface area contributed by atoms with Crippen LogP contribution in [0.4, 0.5) is 0 Å². The number of carbonyl (C=O) groups is 2. The summed E-state index contributed by atoms with van der Waals surface area (Å²) in [7, 11) is 1.22. The van der Waals surface area contributed by atoms with Crippen molar-refractivity contribution in [2.24, 2.45) is 5.73 Å². The summed E-state index contributed by atoms with van der Waals surface area (Å²) in [4.78, 5) is 23.8. The minimum atomic E-state index is -0.893. The maximum absolute atomic E-state index is 11.3. The first-order chi connectivity index (χ1) is 6.61. The quantitative estimate of drug-likeness (QED) is 0.509. The highest BCUT2D eigenvalue weighted by atomic mass is 16.5. The standard InChI is InChI=1S/C8H14N2O4/c1-14-8(13)7-5(11)2-3-10(7)6(12)4-9/h5,7,11H,2-4,9H2,1H3/t5-,7+/m1/s1. The predicted molar refractivity (Wildman–Crippen MR) is 47.2 cm³/mol. The third-order valence-electron chi connectivity index (χ3n) is 2.30. The molecule has 3 N–H and O–H groups in total. The van der Waals surface area contributed by atoms with Gasteiger partial charge in [0.25, 0.3) is 0 Å². The normalized spacial score (nSPS) is 26.4. The second-order valence-corrected chi connectivity index (χ2v) is 3.12. The molecule has 6 nitrogen and oxygen atoms in total. The fraction of sp³-hybridized carbons (Fsp3) is 0.750. The maximum atomic E-state index is 11.3. The lowest BCUT2D eigenvalue weighted by atomic mass is 10.2. The van der Waals surface area contributed by atoms with E-state index >= 15 is 0 Å². The molecule has 0 saturated carbocycles. The van der Waals surface area contributed by atoms with Gasteiger partial charge in [-0.25, -0.2) is 4.79 Å². The van der Waals surface area contributed by atoms with Crippen LogP contribution in [0, 0.1) is 0 Å². The van der Waals surface area contributed by atoms with Crippen LogP contribution >= 0.6 is 0 Å². The Morgan fingerprint density at radius 1 is 1.64 bits per heavy atom. The van der Waals surface area contributed by atoms with Gasteiger partial charge in [-0.2, -0.15) is 0 Å². The van der Waals surface area contributed by atoms with Crippen LogP contribution in [-0.2, 0) is 14.3 Å². The van der Waals surface area contributed by atoms with E-state index in [1.807, 2.05) is 0 Å². The van der Waals surface area contributed by atoms with Gasteiger partial charge in [0.2, 0.25) is 5.91 Å². The molecule has 0 bridgehead atoms. The largest absolute Gasteiger partial charge is 0.467 e. The van der Waals surface area contributed by atoms with Gasteiger partial charge in [0.05, 0.1) is 19.8 Å². The molecule has 0 unspecified atom stereocenters. The van der Waals surface area contributed by atoms with Gasteiger partial charge >= 0.3 is 5.97 Å². The molecule has 0 aromatic heterocycles. The SMILES string of the molecule is COC(=O)[C@@H]1[C@H](O)CCN1C(=O)CN. The molecule has 14 heavy (non-hydrogen) atoms. The van der Waals surface area contributed by atoms with E-state index in [0.717, 1.165) is 0 Å². The Bertz CT molecular complexity index is 243. The van der Waals surface area contributed by atoms with Crippen LogP contribution in [-0.4, -0.2) is 54.2 Å². The Morgan fingerprint density at radius 2 is 2.29 bits per heavy atom. The summed E-state index contributed by atoms with van der Waals surface area (Å²) in [5.41, 5.74) is 5.18. The van der Waals surface area contributed by atoms with Gasteiger partial charge in [-0.15, -0.1) is 0 Å². The van der Waals surface area contributed by atoms with Gasteiger partial charge in [-0.3, -0.25) is 4.79 Å². The zero-order valence-corrected chi connectivity index (χ0v) is 7.97. The molecular weight excluding hydrogens is 188 g/mol. The Morgan fingerprint density at radius 3 is 2.79 bits per heavy atom. The van der Waals surface area contributed by atoms with Crippen LogP contribution in [0.15, 0.2) is 0 Å². The van der Waals surface area contributed by atoms with Crippen LogP contribution < -0.4 is 5.73 Å². The minimum absolute atomic E-state index is 0.166. The molecular formula is C8H14N2O4. The predicted octanol–water partition coefficient (Wildman–Crippen LogP) is -1.92. The summed E-state index contributed by atoms with van der Waals surface area (Å²) in [5, 5.41) is 9.47. The summed E-state index contributed by atoms with van der Waals surface area (Å²) < 4.78 is 4.50. The number of nitrogens with zero attached hydrogens (tertiary/aromatic N) is 1. The van der Waals surface area contributed by atoms with Crippen LogP contribution in [0.3, 0.4) is 0 Å². The molecule has 1 aliphatic rings. The van der Waals surface area contributed by atoms with Gasteiger partial charge < -0.3 is 20.5 Å². The number of amides is 1. The molecule has 2 atom stereocenters. The van der Waals surface area contributed by atoms with Crippen LogP contribution in [0.2, 0.25) is 0 Å². The fourth-order valence-electron chi connectivity index (χ4n) is 1.58. The first-order valence-electron chi connectivity index (χ1n) is 4.37. The lowest BCUT2D eigenvalue weighted by Crippen LogP contribution is -2.47. The van der Waals surface area contributed by atoms with Crippen molar-refractivity contribution >= 4 is 11.9 Å². The lowest BCUT2D eigenvalue weighted by molar-refractivity contribution is -0.153. The average Bonchev–Trinajstić information content (AvgIpc) is 2.58. The Kier molecular flexibility index (Phi) is 3.43. The van der Waals surface area contributed by atoms with E-state index < -0.39 is 18.1 Å². The van der Waals surface area contributed by atoms with Crippen molar-refractivity contribution in [1.82, 2.24) is 4.90 Å². The van der Waals surface area contributed by atoms with Crippen molar-refractivity contribution in [2.75, 3.05) is 20.2 Å².